The van der Waals surface area contributed by atoms with Crippen molar-refractivity contribution < 1.29 is 9.90 Å². The van der Waals surface area contributed by atoms with Crippen LogP contribution in [0.4, 0.5) is 0 Å². The van der Waals surface area contributed by atoms with Crippen LogP contribution in [0.25, 0.3) is 0 Å². The lowest BCUT2D eigenvalue weighted by atomic mass is 10.1. The molecule has 0 aliphatic carbocycles. The fourth-order valence-corrected chi connectivity index (χ4v) is 2.16. The summed E-state index contributed by atoms with van der Waals surface area (Å²) in [5.74, 6) is 0.252. The van der Waals surface area contributed by atoms with E-state index in [4.69, 9.17) is 5.73 Å². The quantitative estimate of drug-likeness (QED) is 0.765. The molecule has 1 aromatic rings. The minimum absolute atomic E-state index is 0.0332. The first-order valence-electron chi connectivity index (χ1n) is 5.84. The number of amides is 1. The molecule has 4 heteroatoms. The number of likely N-dealkylation sites (tertiary alicyclic amines) is 1. The maximum absolute atomic E-state index is 12.2. The Kier molecular flexibility index (Phi) is 3.07. The zero-order valence-corrected chi connectivity index (χ0v) is 10.2. The highest BCUT2D eigenvalue weighted by Crippen LogP contribution is 2.25. The number of nitrogens with zero attached hydrogens (tertiary/aromatic N) is 1. The van der Waals surface area contributed by atoms with Crippen LogP contribution in [0, 0.1) is 12.8 Å². The minimum atomic E-state index is -0.133. The summed E-state index contributed by atoms with van der Waals surface area (Å²) in [5.41, 5.74) is 6.98. The number of hydrogen-bond donors (Lipinski definition) is 2. The molecule has 92 valence electrons. The summed E-state index contributed by atoms with van der Waals surface area (Å²) in [6.45, 7) is 5.04. The molecular weight excluding hydrogens is 216 g/mol. The highest BCUT2D eigenvalue weighted by atomic mass is 16.3. The minimum Gasteiger partial charge on any atom is -0.507 e. The van der Waals surface area contributed by atoms with Gasteiger partial charge in [0.15, 0.2) is 0 Å². The summed E-state index contributed by atoms with van der Waals surface area (Å²) in [4.78, 5) is 13.9. The van der Waals surface area contributed by atoms with Crippen molar-refractivity contribution in [2.24, 2.45) is 11.7 Å². The molecule has 0 aromatic heterocycles. The highest BCUT2D eigenvalue weighted by molar-refractivity contribution is 5.97. The van der Waals surface area contributed by atoms with Gasteiger partial charge in [-0.1, -0.05) is 19.1 Å². The first-order chi connectivity index (χ1) is 8.00. The molecule has 2 rings (SSSR count). The van der Waals surface area contributed by atoms with Crippen LogP contribution in [-0.4, -0.2) is 35.0 Å². The zero-order valence-electron chi connectivity index (χ0n) is 10.2. The summed E-state index contributed by atoms with van der Waals surface area (Å²) < 4.78 is 0. The lowest BCUT2D eigenvalue weighted by Gasteiger charge is -2.17. The van der Waals surface area contributed by atoms with Gasteiger partial charge in [-0.05, 0) is 24.5 Å². The van der Waals surface area contributed by atoms with Crippen molar-refractivity contribution in [3.63, 3.8) is 0 Å². The molecule has 1 saturated heterocycles. The summed E-state index contributed by atoms with van der Waals surface area (Å²) in [6.07, 6.45) is 0. The number of hydrogen-bond acceptors (Lipinski definition) is 3. The van der Waals surface area contributed by atoms with Gasteiger partial charge in [0.1, 0.15) is 5.75 Å². The lowest BCUT2D eigenvalue weighted by molar-refractivity contribution is 0.0783. The van der Waals surface area contributed by atoms with Crippen LogP contribution in [0.3, 0.4) is 0 Å². The first-order valence-corrected chi connectivity index (χ1v) is 5.84. The van der Waals surface area contributed by atoms with E-state index in [9.17, 15) is 9.90 Å². The van der Waals surface area contributed by atoms with E-state index in [-0.39, 0.29) is 17.7 Å². The number of phenolic OH excluding ortho intramolecular Hbond substituents is 1. The topological polar surface area (TPSA) is 66.6 Å². The molecule has 17 heavy (non-hydrogen) atoms. The molecule has 2 unspecified atom stereocenters. The summed E-state index contributed by atoms with van der Waals surface area (Å²) in [7, 11) is 0. The van der Waals surface area contributed by atoms with Crippen LogP contribution in [0.2, 0.25) is 0 Å². The number of para-hydroxylation sites is 1. The molecule has 2 atom stereocenters. The van der Waals surface area contributed by atoms with E-state index in [0.29, 0.717) is 30.1 Å². The largest absolute Gasteiger partial charge is 0.507 e. The second-order valence-corrected chi connectivity index (χ2v) is 4.82. The van der Waals surface area contributed by atoms with Gasteiger partial charge in [-0.3, -0.25) is 4.79 Å². The lowest BCUT2D eigenvalue weighted by Crippen LogP contribution is -2.32. The average Bonchev–Trinajstić information content (AvgIpc) is 2.62. The molecule has 0 spiro atoms. The van der Waals surface area contributed by atoms with Crippen molar-refractivity contribution in [3.05, 3.63) is 29.3 Å². The van der Waals surface area contributed by atoms with Crippen molar-refractivity contribution in [2.75, 3.05) is 13.1 Å². The smallest absolute Gasteiger partial charge is 0.257 e. The molecule has 4 nitrogen and oxygen atoms in total. The molecule has 1 fully saturated rings. The van der Waals surface area contributed by atoms with Gasteiger partial charge in [0, 0.05) is 19.1 Å². The molecule has 0 bridgehead atoms. The highest BCUT2D eigenvalue weighted by Gasteiger charge is 2.31. The second kappa shape index (κ2) is 4.37. The predicted octanol–water partition coefficient (Wildman–Crippen LogP) is 1.12. The molecule has 1 aromatic carbocycles. The Morgan fingerprint density at radius 1 is 1.47 bits per heavy atom. The number of aromatic hydroxyl groups is 1. The van der Waals surface area contributed by atoms with Gasteiger partial charge in [-0.25, -0.2) is 0 Å². The van der Waals surface area contributed by atoms with Gasteiger partial charge in [0.2, 0.25) is 0 Å². The van der Waals surface area contributed by atoms with Gasteiger partial charge >= 0.3 is 0 Å². The van der Waals surface area contributed by atoms with E-state index in [1.807, 2.05) is 6.92 Å². The van der Waals surface area contributed by atoms with Crippen LogP contribution < -0.4 is 5.73 Å². The Morgan fingerprint density at radius 2 is 2.18 bits per heavy atom. The standard InChI is InChI=1S/C13H18N2O2/c1-8-4-3-5-10(12(8)16)13(17)15-6-9(2)11(14)7-15/h3-5,9,11,16H,6-7,14H2,1-2H3. The number of carbonyl (C=O) groups excluding carboxylic acids is 1. The number of phenols is 1. The number of benzene rings is 1. The van der Waals surface area contributed by atoms with E-state index < -0.39 is 0 Å². The van der Waals surface area contributed by atoms with Crippen LogP contribution in [0.5, 0.6) is 5.75 Å². The fraction of sp³-hybridized carbons (Fsp3) is 0.462. The molecule has 0 saturated carbocycles. The third kappa shape index (κ3) is 2.13. The van der Waals surface area contributed by atoms with Gasteiger partial charge in [-0.15, -0.1) is 0 Å². The molecule has 3 N–H and O–H groups in total. The number of nitrogens with two attached hydrogens (primary N) is 1. The Balaban J connectivity index is 2.24. The number of aryl methyl sites for hydroxylation is 1. The maximum atomic E-state index is 12.2. The van der Waals surface area contributed by atoms with Gasteiger partial charge in [0.25, 0.3) is 5.91 Å². The third-order valence-corrected chi connectivity index (χ3v) is 3.43. The van der Waals surface area contributed by atoms with E-state index >= 15 is 0 Å². The van der Waals surface area contributed by atoms with Gasteiger partial charge < -0.3 is 15.7 Å². The van der Waals surface area contributed by atoms with Gasteiger partial charge in [0.05, 0.1) is 5.56 Å². The normalized spacial score (nSPS) is 24.1. The van der Waals surface area contributed by atoms with E-state index in [0.717, 1.165) is 0 Å². The molecular formula is C13H18N2O2. The van der Waals surface area contributed by atoms with E-state index in [1.54, 1.807) is 30.0 Å². The first kappa shape index (κ1) is 11.9. The van der Waals surface area contributed by atoms with Crippen molar-refractivity contribution >= 4 is 5.91 Å². The van der Waals surface area contributed by atoms with Crippen molar-refractivity contribution in [1.82, 2.24) is 4.90 Å². The van der Waals surface area contributed by atoms with Crippen molar-refractivity contribution in [2.45, 2.75) is 19.9 Å². The second-order valence-electron chi connectivity index (χ2n) is 4.82. The Hall–Kier alpha value is -1.55. The fourth-order valence-electron chi connectivity index (χ4n) is 2.16. The van der Waals surface area contributed by atoms with Crippen LogP contribution in [0.15, 0.2) is 18.2 Å². The monoisotopic (exact) mass is 234 g/mol. The van der Waals surface area contributed by atoms with Crippen LogP contribution >= 0.6 is 0 Å². The zero-order chi connectivity index (χ0) is 12.6. The van der Waals surface area contributed by atoms with Crippen molar-refractivity contribution in [3.8, 4) is 5.75 Å². The molecule has 1 aliphatic heterocycles. The Bertz CT molecular complexity index is 435. The molecule has 0 radical (unpaired) electrons. The Labute approximate surface area is 101 Å². The molecule has 1 amide bonds. The number of carbonyl (C=O) groups is 1. The Morgan fingerprint density at radius 3 is 2.76 bits per heavy atom. The van der Waals surface area contributed by atoms with Crippen molar-refractivity contribution in [1.29, 1.82) is 0 Å². The third-order valence-electron chi connectivity index (χ3n) is 3.43. The van der Waals surface area contributed by atoms with Crippen LogP contribution in [0.1, 0.15) is 22.8 Å². The van der Waals surface area contributed by atoms with E-state index in [1.165, 1.54) is 0 Å². The van der Waals surface area contributed by atoms with Crippen LogP contribution in [-0.2, 0) is 0 Å². The summed E-state index contributed by atoms with van der Waals surface area (Å²) >= 11 is 0. The number of rotatable bonds is 1. The molecule has 1 aliphatic rings. The predicted molar refractivity (Wildman–Crippen MR) is 65.9 cm³/mol. The average molecular weight is 234 g/mol. The SMILES string of the molecule is Cc1cccc(C(=O)N2CC(C)C(N)C2)c1O. The summed E-state index contributed by atoms with van der Waals surface area (Å²) in [6, 6.07) is 5.25. The van der Waals surface area contributed by atoms with E-state index in [2.05, 4.69) is 0 Å². The van der Waals surface area contributed by atoms with Gasteiger partial charge in [-0.2, -0.15) is 0 Å². The molecule has 1 heterocycles. The maximum Gasteiger partial charge on any atom is 0.257 e. The summed E-state index contributed by atoms with van der Waals surface area (Å²) in [5, 5.41) is 9.88.